The topological polar surface area (TPSA) is 29.1 Å². The van der Waals surface area contributed by atoms with Gasteiger partial charge in [-0.15, -0.1) is 11.6 Å². The van der Waals surface area contributed by atoms with E-state index in [4.69, 9.17) is 11.6 Å². The maximum Gasteiger partial charge on any atom is 0.235 e. The summed E-state index contributed by atoms with van der Waals surface area (Å²) in [5.41, 5.74) is 0. The average molecular weight is 188 g/mol. The van der Waals surface area contributed by atoms with Gasteiger partial charge in [0, 0.05) is 6.04 Å². The molecule has 3 heteroatoms. The van der Waals surface area contributed by atoms with E-state index in [1.165, 1.54) is 25.7 Å². The maximum absolute atomic E-state index is 11.0. The molecule has 2 aliphatic carbocycles. The zero-order valence-corrected chi connectivity index (χ0v) is 7.81. The lowest BCUT2D eigenvalue weighted by atomic mass is 10.0. The molecule has 0 aromatic heterocycles. The highest BCUT2D eigenvalue weighted by atomic mass is 35.5. The van der Waals surface area contributed by atoms with E-state index in [0.29, 0.717) is 6.04 Å². The van der Waals surface area contributed by atoms with Crippen LogP contribution in [-0.2, 0) is 4.79 Å². The maximum atomic E-state index is 11.0. The van der Waals surface area contributed by atoms with Gasteiger partial charge in [0.2, 0.25) is 5.91 Å². The van der Waals surface area contributed by atoms with Crippen LogP contribution in [0, 0.1) is 11.8 Å². The van der Waals surface area contributed by atoms with Gasteiger partial charge in [-0.1, -0.05) is 0 Å². The van der Waals surface area contributed by atoms with E-state index in [2.05, 4.69) is 5.32 Å². The Bertz CT molecular complexity index is 175. The van der Waals surface area contributed by atoms with E-state index < -0.39 is 0 Å². The number of alkyl halides is 1. The highest BCUT2D eigenvalue weighted by Crippen LogP contribution is 2.44. The molecule has 0 spiro atoms. The van der Waals surface area contributed by atoms with Gasteiger partial charge in [0.15, 0.2) is 0 Å². The molecule has 1 N–H and O–H groups in total. The molecule has 0 unspecified atom stereocenters. The largest absolute Gasteiger partial charge is 0.352 e. The van der Waals surface area contributed by atoms with Crippen LogP contribution in [0.1, 0.15) is 25.7 Å². The molecule has 2 saturated carbocycles. The van der Waals surface area contributed by atoms with Crippen molar-refractivity contribution in [2.75, 3.05) is 5.88 Å². The predicted octanol–water partition coefficient (Wildman–Crippen LogP) is 1.53. The Labute approximate surface area is 77.7 Å². The van der Waals surface area contributed by atoms with Gasteiger partial charge in [0.1, 0.15) is 5.88 Å². The molecular formula is C9H14ClNO. The third-order valence-corrected chi connectivity index (χ3v) is 3.52. The molecule has 0 radical (unpaired) electrons. The Morgan fingerprint density at radius 3 is 2.17 bits per heavy atom. The molecule has 0 atom stereocenters. The first-order valence-electron chi connectivity index (χ1n) is 4.66. The minimum atomic E-state index is 0.000432. The molecule has 12 heavy (non-hydrogen) atoms. The first-order chi connectivity index (χ1) is 5.81. The van der Waals surface area contributed by atoms with Crippen molar-refractivity contribution in [1.82, 2.24) is 5.32 Å². The fraction of sp³-hybridized carbons (Fsp3) is 0.889. The number of fused-ring (bicyclic) bond motifs is 2. The van der Waals surface area contributed by atoms with Crippen molar-refractivity contribution >= 4 is 17.5 Å². The van der Waals surface area contributed by atoms with Crippen LogP contribution < -0.4 is 5.32 Å². The van der Waals surface area contributed by atoms with E-state index >= 15 is 0 Å². The van der Waals surface area contributed by atoms with E-state index in [-0.39, 0.29) is 11.8 Å². The molecular weight excluding hydrogens is 174 g/mol. The zero-order chi connectivity index (χ0) is 8.55. The summed E-state index contributed by atoms with van der Waals surface area (Å²) in [6.45, 7) is 0. The van der Waals surface area contributed by atoms with Crippen LogP contribution in [0.15, 0.2) is 0 Å². The van der Waals surface area contributed by atoms with E-state index in [0.717, 1.165) is 11.8 Å². The molecule has 2 aliphatic rings. The lowest BCUT2D eigenvalue weighted by Gasteiger charge is -2.16. The quantitative estimate of drug-likeness (QED) is 0.653. The molecule has 0 aromatic rings. The van der Waals surface area contributed by atoms with Crippen molar-refractivity contribution < 1.29 is 4.79 Å². The Morgan fingerprint density at radius 1 is 1.25 bits per heavy atom. The second-order valence-electron chi connectivity index (χ2n) is 3.90. The van der Waals surface area contributed by atoms with E-state index in [1.807, 2.05) is 0 Å². The number of carbonyl (C=O) groups excluding carboxylic acids is 1. The third kappa shape index (κ3) is 1.33. The highest BCUT2D eigenvalue weighted by Gasteiger charge is 2.41. The minimum absolute atomic E-state index is 0.000432. The average Bonchev–Trinajstić information content (AvgIpc) is 2.65. The van der Waals surface area contributed by atoms with Crippen LogP contribution in [0.3, 0.4) is 0 Å². The number of carbonyl (C=O) groups is 1. The number of hydrogen-bond acceptors (Lipinski definition) is 1. The summed E-state index contributed by atoms with van der Waals surface area (Å²) >= 11 is 5.43. The van der Waals surface area contributed by atoms with Crippen molar-refractivity contribution in [2.45, 2.75) is 31.7 Å². The molecule has 0 saturated heterocycles. The second kappa shape index (κ2) is 3.25. The molecule has 0 aliphatic heterocycles. The van der Waals surface area contributed by atoms with Crippen LogP contribution in [0.4, 0.5) is 0 Å². The standard InChI is InChI=1S/C9H14ClNO/c10-5-8(12)11-9-6-1-2-7(9)4-3-6/h6-7,9H,1-5H2,(H,11,12). The van der Waals surface area contributed by atoms with Crippen molar-refractivity contribution in [3.8, 4) is 0 Å². The molecule has 1 amide bonds. The molecule has 68 valence electrons. The van der Waals surface area contributed by atoms with Crippen molar-refractivity contribution in [1.29, 1.82) is 0 Å². The smallest absolute Gasteiger partial charge is 0.235 e. The Morgan fingerprint density at radius 2 is 1.75 bits per heavy atom. The number of amides is 1. The summed E-state index contributed by atoms with van der Waals surface area (Å²) in [5.74, 6) is 1.61. The monoisotopic (exact) mass is 187 g/mol. The van der Waals surface area contributed by atoms with E-state index in [1.54, 1.807) is 0 Å². The van der Waals surface area contributed by atoms with Gasteiger partial charge in [0.05, 0.1) is 0 Å². The molecule has 2 rings (SSSR count). The van der Waals surface area contributed by atoms with Crippen LogP contribution in [0.2, 0.25) is 0 Å². The van der Waals surface area contributed by atoms with Crippen LogP contribution in [0.25, 0.3) is 0 Å². The summed E-state index contributed by atoms with van der Waals surface area (Å²) in [6.07, 6.45) is 5.21. The molecule has 2 nitrogen and oxygen atoms in total. The SMILES string of the molecule is O=C(CCl)NC1C2CCC1CC2. The number of halogens is 1. The summed E-state index contributed by atoms with van der Waals surface area (Å²) < 4.78 is 0. The van der Waals surface area contributed by atoms with Gasteiger partial charge in [-0.2, -0.15) is 0 Å². The molecule has 2 bridgehead atoms. The van der Waals surface area contributed by atoms with Gasteiger partial charge in [-0.3, -0.25) is 4.79 Å². The predicted molar refractivity (Wildman–Crippen MR) is 48.1 cm³/mol. The summed E-state index contributed by atoms with van der Waals surface area (Å²) in [5, 5.41) is 3.02. The van der Waals surface area contributed by atoms with Gasteiger partial charge in [-0.05, 0) is 37.5 Å². The van der Waals surface area contributed by atoms with Crippen LogP contribution >= 0.6 is 11.6 Å². The Kier molecular flexibility index (Phi) is 2.26. The molecule has 2 fully saturated rings. The number of rotatable bonds is 2. The first kappa shape index (κ1) is 8.36. The fourth-order valence-corrected chi connectivity index (χ4v) is 2.79. The first-order valence-corrected chi connectivity index (χ1v) is 5.20. The lowest BCUT2D eigenvalue weighted by Crippen LogP contribution is -2.38. The van der Waals surface area contributed by atoms with Crippen LogP contribution in [-0.4, -0.2) is 17.8 Å². The normalized spacial score (nSPS) is 38.6. The zero-order valence-electron chi connectivity index (χ0n) is 7.05. The number of nitrogens with one attached hydrogen (secondary N) is 1. The van der Waals surface area contributed by atoms with Gasteiger partial charge in [0.25, 0.3) is 0 Å². The van der Waals surface area contributed by atoms with Gasteiger partial charge in [-0.25, -0.2) is 0 Å². The Hall–Kier alpha value is -0.240. The van der Waals surface area contributed by atoms with Gasteiger partial charge < -0.3 is 5.32 Å². The second-order valence-corrected chi connectivity index (χ2v) is 4.17. The summed E-state index contributed by atoms with van der Waals surface area (Å²) in [4.78, 5) is 11.0. The van der Waals surface area contributed by atoms with Crippen molar-refractivity contribution in [3.05, 3.63) is 0 Å². The van der Waals surface area contributed by atoms with Gasteiger partial charge >= 0.3 is 0 Å². The van der Waals surface area contributed by atoms with Crippen molar-refractivity contribution in [3.63, 3.8) is 0 Å². The molecule has 0 aromatic carbocycles. The molecule has 0 heterocycles. The van der Waals surface area contributed by atoms with Crippen molar-refractivity contribution in [2.24, 2.45) is 11.8 Å². The Balaban J connectivity index is 1.92. The minimum Gasteiger partial charge on any atom is -0.352 e. The summed E-state index contributed by atoms with van der Waals surface area (Å²) in [7, 11) is 0. The van der Waals surface area contributed by atoms with Crippen LogP contribution in [0.5, 0.6) is 0 Å². The highest BCUT2D eigenvalue weighted by molar-refractivity contribution is 6.27. The third-order valence-electron chi connectivity index (χ3n) is 3.28. The number of hydrogen-bond donors (Lipinski definition) is 1. The van der Waals surface area contributed by atoms with E-state index in [9.17, 15) is 4.79 Å². The fourth-order valence-electron chi connectivity index (χ4n) is 2.71. The lowest BCUT2D eigenvalue weighted by molar-refractivity contribution is -0.119. The summed E-state index contributed by atoms with van der Waals surface area (Å²) in [6, 6.07) is 0.455.